The highest BCUT2D eigenvalue weighted by molar-refractivity contribution is 7.22. The lowest BCUT2D eigenvalue weighted by atomic mass is 10.3. The smallest absolute Gasteiger partial charge is 0.270 e. The van der Waals surface area contributed by atoms with Crippen LogP contribution in [0.3, 0.4) is 0 Å². The van der Waals surface area contributed by atoms with Gasteiger partial charge in [-0.25, -0.2) is 4.98 Å². The summed E-state index contributed by atoms with van der Waals surface area (Å²) in [5.41, 5.74) is 0.555. The second-order valence-corrected chi connectivity index (χ2v) is 6.13. The number of carbonyl (C=O) groups is 1. The molecule has 9 heteroatoms. The van der Waals surface area contributed by atoms with Gasteiger partial charge in [-0.2, -0.15) is 0 Å². The van der Waals surface area contributed by atoms with E-state index in [1.165, 1.54) is 12.1 Å². The van der Waals surface area contributed by atoms with Crippen LogP contribution in [0.15, 0.2) is 42.5 Å². The van der Waals surface area contributed by atoms with Crippen molar-refractivity contribution in [2.24, 2.45) is 0 Å². The number of rotatable bonds is 5. The lowest BCUT2D eigenvalue weighted by Gasteiger charge is -2.06. The van der Waals surface area contributed by atoms with Crippen molar-refractivity contribution in [1.82, 2.24) is 4.98 Å². The number of carbonyl (C=O) groups excluding carboxylic acids is 1. The van der Waals surface area contributed by atoms with Gasteiger partial charge >= 0.3 is 0 Å². The van der Waals surface area contributed by atoms with E-state index in [0.29, 0.717) is 26.1 Å². The number of amides is 1. The molecule has 122 valence electrons. The molecule has 0 fully saturated rings. The molecule has 7 nitrogen and oxygen atoms in total. The van der Waals surface area contributed by atoms with Gasteiger partial charge in [0.15, 0.2) is 11.7 Å². The van der Waals surface area contributed by atoms with Crippen LogP contribution in [-0.2, 0) is 4.79 Å². The molecule has 1 amide bonds. The largest absolute Gasteiger partial charge is 0.482 e. The van der Waals surface area contributed by atoms with Crippen LogP contribution in [-0.4, -0.2) is 22.4 Å². The maximum atomic E-state index is 11.9. The molecule has 0 bridgehead atoms. The average Bonchev–Trinajstić information content (AvgIpc) is 2.95. The highest BCUT2D eigenvalue weighted by Crippen LogP contribution is 2.29. The van der Waals surface area contributed by atoms with Gasteiger partial charge in [-0.3, -0.25) is 20.2 Å². The minimum absolute atomic E-state index is 0.0221. The molecule has 0 saturated heterocycles. The molecule has 0 spiro atoms. The summed E-state index contributed by atoms with van der Waals surface area (Å²) in [6, 6.07) is 11.2. The lowest BCUT2D eigenvalue weighted by molar-refractivity contribution is -0.384. The Morgan fingerprint density at radius 1 is 1.33 bits per heavy atom. The minimum Gasteiger partial charge on any atom is -0.482 e. The van der Waals surface area contributed by atoms with Crippen LogP contribution in [0.1, 0.15) is 0 Å². The van der Waals surface area contributed by atoms with Crippen molar-refractivity contribution in [3.63, 3.8) is 0 Å². The summed E-state index contributed by atoms with van der Waals surface area (Å²) in [5, 5.41) is 14.1. The van der Waals surface area contributed by atoms with E-state index in [9.17, 15) is 14.9 Å². The summed E-state index contributed by atoms with van der Waals surface area (Å²) in [6.45, 7) is -0.222. The van der Waals surface area contributed by atoms with E-state index in [0.717, 1.165) is 11.3 Å². The maximum absolute atomic E-state index is 11.9. The Morgan fingerprint density at radius 2 is 2.12 bits per heavy atom. The second kappa shape index (κ2) is 6.81. The van der Waals surface area contributed by atoms with Gasteiger partial charge in [0.05, 0.1) is 20.2 Å². The van der Waals surface area contributed by atoms with Gasteiger partial charge in [-0.05, 0) is 18.2 Å². The number of halogens is 1. The van der Waals surface area contributed by atoms with Crippen LogP contribution in [0.25, 0.3) is 10.2 Å². The number of ether oxygens (including phenoxy) is 1. The highest BCUT2D eigenvalue weighted by Gasteiger charge is 2.12. The number of nitro groups is 1. The topological polar surface area (TPSA) is 94.4 Å². The van der Waals surface area contributed by atoms with Crippen LogP contribution >= 0.6 is 22.9 Å². The number of benzene rings is 2. The summed E-state index contributed by atoms with van der Waals surface area (Å²) in [7, 11) is 0. The van der Waals surface area contributed by atoms with Crippen LogP contribution in [0.5, 0.6) is 5.75 Å². The van der Waals surface area contributed by atoms with Gasteiger partial charge in [-0.1, -0.05) is 35.1 Å². The van der Waals surface area contributed by atoms with E-state index in [2.05, 4.69) is 10.3 Å². The van der Waals surface area contributed by atoms with Crippen LogP contribution in [0, 0.1) is 10.1 Å². The third-order valence-corrected chi connectivity index (χ3v) is 4.27. The first kappa shape index (κ1) is 16.2. The average molecular weight is 364 g/mol. The second-order valence-electron chi connectivity index (χ2n) is 4.70. The standard InChI is InChI=1S/C15H10ClN3O4S/c16-10-3-1-2-4-12(10)23-8-14(20)18-15-17-11-6-5-9(19(21)22)7-13(11)24-15/h1-7H,8H2,(H,17,18,20). The third-order valence-electron chi connectivity index (χ3n) is 3.02. The van der Waals surface area contributed by atoms with E-state index < -0.39 is 10.8 Å². The number of fused-ring (bicyclic) bond motifs is 1. The predicted octanol–water partition coefficient (Wildman–Crippen LogP) is 3.88. The maximum Gasteiger partial charge on any atom is 0.270 e. The number of nitro benzene ring substituents is 1. The van der Waals surface area contributed by atoms with Crippen molar-refractivity contribution in [2.75, 3.05) is 11.9 Å². The summed E-state index contributed by atoms with van der Waals surface area (Å²) in [5.74, 6) is 0.0118. The number of nitrogens with one attached hydrogen (secondary N) is 1. The first-order valence-corrected chi connectivity index (χ1v) is 7.94. The normalized spacial score (nSPS) is 10.5. The number of aromatic nitrogens is 1. The summed E-state index contributed by atoms with van der Waals surface area (Å²) >= 11 is 7.09. The van der Waals surface area contributed by atoms with Crippen molar-refractivity contribution >= 4 is 49.9 Å². The van der Waals surface area contributed by atoms with Crippen molar-refractivity contribution in [2.45, 2.75) is 0 Å². The number of non-ortho nitro benzene ring substituents is 1. The van der Waals surface area contributed by atoms with Crippen molar-refractivity contribution in [1.29, 1.82) is 0 Å². The highest BCUT2D eigenvalue weighted by atomic mass is 35.5. The summed E-state index contributed by atoms with van der Waals surface area (Å²) in [4.78, 5) is 26.4. The molecule has 0 radical (unpaired) electrons. The monoisotopic (exact) mass is 363 g/mol. The molecular weight excluding hydrogens is 354 g/mol. The number of nitrogens with zero attached hydrogens (tertiary/aromatic N) is 2. The van der Waals surface area contributed by atoms with Crippen molar-refractivity contribution in [3.05, 3.63) is 57.6 Å². The van der Waals surface area contributed by atoms with Gasteiger partial charge in [0.25, 0.3) is 11.6 Å². The van der Waals surface area contributed by atoms with Crippen LogP contribution in [0.2, 0.25) is 5.02 Å². The Bertz CT molecular complexity index is 928. The first-order valence-electron chi connectivity index (χ1n) is 6.75. The molecule has 1 N–H and O–H groups in total. The van der Waals surface area contributed by atoms with Gasteiger partial charge in [0.1, 0.15) is 5.75 Å². The van der Waals surface area contributed by atoms with E-state index in [1.54, 1.807) is 30.3 Å². The Kier molecular flexibility index (Phi) is 4.59. The van der Waals surface area contributed by atoms with Gasteiger partial charge < -0.3 is 4.74 Å². The molecule has 0 saturated carbocycles. The Labute approximate surface area is 145 Å². The minimum atomic E-state index is -0.477. The van der Waals surface area contributed by atoms with Crippen molar-refractivity contribution in [3.8, 4) is 5.75 Å². The predicted molar refractivity (Wildman–Crippen MR) is 91.9 cm³/mol. The van der Waals surface area contributed by atoms with Crippen LogP contribution < -0.4 is 10.1 Å². The van der Waals surface area contributed by atoms with Gasteiger partial charge in [0, 0.05) is 12.1 Å². The Balaban J connectivity index is 1.67. The molecule has 2 aromatic carbocycles. The van der Waals surface area contributed by atoms with E-state index >= 15 is 0 Å². The summed E-state index contributed by atoms with van der Waals surface area (Å²) in [6.07, 6.45) is 0. The molecule has 1 heterocycles. The third kappa shape index (κ3) is 3.61. The molecule has 1 aromatic heterocycles. The molecule has 0 aliphatic rings. The molecule has 0 unspecified atom stereocenters. The quantitative estimate of drug-likeness (QED) is 0.548. The SMILES string of the molecule is O=C(COc1ccccc1Cl)Nc1nc2ccc([N+](=O)[O-])cc2s1. The summed E-state index contributed by atoms with van der Waals surface area (Å²) < 4.78 is 5.96. The zero-order valence-corrected chi connectivity index (χ0v) is 13.6. The number of para-hydroxylation sites is 1. The molecule has 24 heavy (non-hydrogen) atoms. The lowest BCUT2D eigenvalue weighted by Crippen LogP contribution is -2.20. The Morgan fingerprint density at radius 3 is 2.88 bits per heavy atom. The van der Waals surface area contributed by atoms with Gasteiger partial charge in [0.2, 0.25) is 0 Å². The molecule has 0 aliphatic carbocycles. The first-order chi connectivity index (χ1) is 11.5. The van der Waals surface area contributed by atoms with Crippen LogP contribution in [0.4, 0.5) is 10.8 Å². The Hall–Kier alpha value is -2.71. The number of anilines is 1. The molecular formula is C15H10ClN3O4S. The fourth-order valence-corrected chi connectivity index (χ4v) is 3.05. The number of thiazole rings is 1. The zero-order valence-electron chi connectivity index (χ0n) is 12.1. The van der Waals surface area contributed by atoms with E-state index in [1.807, 2.05) is 0 Å². The number of hydrogen-bond donors (Lipinski definition) is 1. The molecule has 0 atom stereocenters. The number of hydrogen-bond acceptors (Lipinski definition) is 6. The van der Waals surface area contributed by atoms with Crippen molar-refractivity contribution < 1.29 is 14.5 Å². The zero-order chi connectivity index (χ0) is 17.1. The van der Waals surface area contributed by atoms with E-state index in [-0.39, 0.29) is 12.3 Å². The molecule has 0 aliphatic heterocycles. The molecule has 3 rings (SSSR count). The van der Waals surface area contributed by atoms with E-state index in [4.69, 9.17) is 16.3 Å². The fraction of sp³-hybridized carbons (Fsp3) is 0.0667. The fourth-order valence-electron chi connectivity index (χ4n) is 1.94. The molecule has 3 aromatic rings. The van der Waals surface area contributed by atoms with Gasteiger partial charge in [-0.15, -0.1) is 0 Å².